The summed E-state index contributed by atoms with van der Waals surface area (Å²) < 4.78 is 32.4. The third kappa shape index (κ3) is 3.26. The van der Waals surface area contributed by atoms with E-state index in [-0.39, 0.29) is 25.4 Å². The lowest BCUT2D eigenvalue weighted by atomic mass is 9.93. The first kappa shape index (κ1) is 17.2. The molecule has 1 aromatic carbocycles. The van der Waals surface area contributed by atoms with Gasteiger partial charge in [-0.3, -0.25) is 0 Å². The molecule has 0 N–H and O–H groups in total. The molecule has 0 amide bonds. The number of rotatable bonds is 3. The first-order valence-electron chi connectivity index (χ1n) is 8.69. The summed E-state index contributed by atoms with van der Waals surface area (Å²) >= 11 is 0. The number of alkyl halides is 2. The molecule has 1 aromatic rings. The Morgan fingerprint density at radius 3 is 2.54 bits per heavy atom. The van der Waals surface area contributed by atoms with Gasteiger partial charge in [0.05, 0.1) is 18.4 Å². The Hall–Kier alpha value is -1.65. The normalized spacial score (nSPS) is 20.6. The van der Waals surface area contributed by atoms with Gasteiger partial charge in [0, 0.05) is 25.9 Å². The van der Waals surface area contributed by atoms with Gasteiger partial charge in [0.2, 0.25) is 5.92 Å². The lowest BCUT2D eigenvalue weighted by Crippen LogP contribution is -2.28. The average molecular weight is 337 g/mol. The van der Waals surface area contributed by atoms with Crippen molar-refractivity contribution in [3.8, 4) is 0 Å². The molecule has 0 atom stereocenters. The summed E-state index contributed by atoms with van der Waals surface area (Å²) in [6.45, 7) is 4.79. The van der Waals surface area contributed by atoms with Gasteiger partial charge < -0.3 is 9.64 Å². The second-order valence-corrected chi connectivity index (χ2v) is 7.07. The second kappa shape index (κ2) is 6.34. The van der Waals surface area contributed by atoms with Gasteiger partial charge in [-0.1, -0.05) is 0 Å². The third-order valence-corrected chi connectivity index (χ3v) is 5.38. The number of halogens is 2. The van der Waals surface area contributed by atoms with Crippen molar-refractivity contribution in [2.45, 2.75) is 57.8 Å². The summed E-state index contributed by atoms with van der Waals surface area (Å²) in [5, 5.41) is 0. The molecule has 132 valence electrons. The average Bonchev–Trinajstić information content (AvgIpc) is 3.37. The van der Waals surface area contributed by atoms with E-state index in [0.717, 1.165) is 29.7 Å². The van der Waals surface area contributed by atoms with Gasteiger partial charge in [0.25, 0.3) is 0 Å². The molecule has 0 aromatic heterocycles. The van der Waals surface area contributed by atoms with Crippen LogP contribution in [0.3, 0.4) is 0 Å². The van der Waals surface area contributed by atoms with Crippen LogP contribution in [0.25, 0.3) is 0 Å². The second-order valence-electron chi connectivity index (χ2n) is 7.07. The molecule has 5 heteroatoms. The maximum Gasteiger partial charge on any atom is 0.340 e. The molecule has 0 bridgehead atoms. The van der Waals surface area contributed by atoms with Crippen molar-refractivity contribution in [2.75, 3.05) is 25.1 Å². The van der Waals surface area contributed by atoms with Gasteiger partial charge >= 0.3 is 5.97 Å². The Labute approximate surface area is 142 Å². The van der Waals surface area contributed by atoms with Crippen LogP contribution in [0.15, 0.2) is 6.07 Å². The van der Waals surface area contributed by atoms with Crippen LogP contribution in [0, 0.1) is 13.8 Å². The van der Waals surface area contributed by atoms with Crippen molar-refractivity contribution in [3.63, 3.8) is 0 Å². The van der Waals surface area contributed by atoms with Gasteiger partial charge in [-0.25, -0.2) is 13.6 Å². The smallest absolute Gasteiger partial charge is 0.340 e. The molecule has 2 fully saturated rings. The largest absolute Gasteiger partial charge is 0.465 e. The highest BCUT2D eigenvalue weighted by molar-refractivity contribution is 5.98. The summed E-state index contributed by atoms with van der Waals surface area (Å²) in [4.78, 5) is 14.3. The van der Waals surface area contributed by atoms with Crippen molar-refractivity contribution in [1.82, 2.24) is 0 Å². The van der Waals surface area contributed by atoms with E-state index < -0.39 is 5.92 Å². The predicted octanol–water partition coefficient (Wildman–Crippen LogP) is 4.59. The van der Waals surface area contributed by atoms with Gasteiger partial charge in [-0.15, -0.1) is 0 Å². The minimum atomic E-state index is -2.61. The predicted molar refractivity (Wildman–Crippen MR) is 90.2 cm³/mol. The van der Waals surface area contributed by atoms with Crippen LogP contribution in [0.5, 0.6) is 0 Å². The number of benzene rings is 1. The molecule has 0 radical (unpaired) electrons. The van der Waals surface area contributed by atoms with E-state index in [0.29, 0.717) is 24.4 Å². The van der Waals surface area contributed by atoms with Crippen LogP contribution in [0.1, 0.15) is 65.1 Å². The van der Waals surface area contributed by atoms with E-state index in [4.69, 9.17) is 4.74 Å². The van der Waals surface area contributed by atoms with Crippen LogP contribution < -0.4 is 4.90 Å². The molecule has 1 saturated heterocycles. The molecule has 0 spiro atoms. The number of nitrogens with zero attached hydrogens (tertiary/aromatic N) is 1. The Balaban J connectivity index is 2.05. The van der Waals surface area contributed by atoms with Gasteiger partial charge in [-0.05, 0) is 61.8 Å². The SMILES string of the molecule is COC(=O)c1c(N2CCCC(F)(F)CC2)cc(C2CC2)c(C)c1C. The quantitative estimate of drug-likeness (QED) is 0.755. The van der Waals surface area contributed by atoms with Crippen LogP contribution in [-0.4, -0.2) is 32.1 Å². The van der Waals surface area contributed by atoms with Crippen molar-refractivity contribution in [1.29, 1.82) is 0 Å². The maximum atomic E-state index is 13.7. The van der Waals surface area contributed by atoms with E-state index in [1.54, 1.807) is 0 Å². The van der Waals surface area contributed by atoms with E-state index in [9.17, 15) is 13.6 Å². The highest BCUT2D eigenvalue weighted by atomic mass is 19.3. The first-order valence-corrected chi connectivity index (χ1v) is 8.69. The molecular formula is C19H25F2NO2. The summed E-state index contributed by atoms with van der Waals surface area (Å²) in [6, 6.07) is 2.05. The Bertz CT molecular complexity index is 653. The molecule has 24 heavy (non-hydrogen) atoms. The fraction of sp³-hybridized carbons (Fsp3) is 0.632. The van der Waals surface area contributed by atoms with E-state index in [2.05, 4.69) is 6.07 Å². The molecule has 1 heterocycles. The lowest BCUT2D eigenvalue weighted by Gasteiger charge is -2.28. The lowest BCUT2D eigenvalue weighted by molar-refractivity contribution is -0.0102. The Kier molecular flexibility index (Phi) is 4.54. The molecule has 1 aliphatic carbocycles. The van der Waals surface area contributed by atoms with Crippen LogP contribution in [0.4, 0.5) is 14.5 Å². The van der Waals surface area contributed by atoms with Crippen molar-refractivity contribution in [2.24, 2.45) is 0 Å². The number of hydrogen-bond acceptors (Lipinski definition) is 3. The number of hydrogen-bond donors (Lipinski definition) is 0. The van der Waals surface area contributed by atoms with Crippen LogP contribution >= 0.6 is 0 Å². The number of esters is 1. The van der Waals surface area contributed by atoms with Crippen molar-refractivity contribution < 1.29 is 18.3 Å². The molecule has 1 saturated carbocycles. The van der Waals surface area contributed by atoms with Crippen molar-refractivity contribution in [3.05, 3.63) is 28.3 Å². The zero-order valence-electron chi connectivity index (χ0n) is 14.6. The minimum Gasteiger partial charge on any atom is -0.465 e. The number of anilines is 1. The zero-order valence-corrected chi connectivity index (χ0v) is 14.6. The summed E-state index contributed by atoms with van der Waals surface area (Å²) in [5.41, 5.74) is 4.60. The Morgan fingerprint density at radius 2 is 1.92 bits per heavy atom. The topological polar surface area (TPSA) is 29.5 Å². The third-order valence-electron chi connectivity index (χ3n) is 5.38. The monoisotopic (exact) mass is 337 g/mol. The maximum absolute atomic E-state index is 13.7. The standard InChI is InChI=1S/C19H25F2NO2/c1-12-13(2)17(18(23)24-3)16(11-15(12)14-5-6-14)22-9-4-7-19(20,21)8-10-22/h11,14H,4-10H2,1-3H3. The van der Waals surface area contributed by atoms with Crippen molar-refractivity contribution >= 4 is 11.7 Å². The van der Waals surface area contributed by atoms with E-state index in [1.807, 2.05) is 18.7 Å². The molecular weight excluding hydrogens is 312 g/mol. The van der Waals surface area contributed by atoms with E-state index >= 15 is 0 Å². The number of methoxy groups -OCH3 is 1. The number of ether oxygens (including phenoxy) is 1. The van der Waals surface area contributed by atoms with Gasteiger partial charge in [-0.2, -0.15) is 0 Å². The molecule has 1 aliphatic heterocycles. The molecule has 2 aliphatic rings. The molecule has 0 unspecified atom stereocenters. The summed E-state index contributed by atoms with van der Waals surface area (Å²) in [7, 11) is 1.37. The van der Waals surface area contributed by atoms with Crippen LogP contribution in [-0.2, 0) is 4.74 Å². The van der Waals surface area contributed by atoms with E-state index in [1.165, 1.54) is 12.7 Å². The number of carbonyl (C=O) groups is 1. The summed E-state index contributed by atoms with van der Waals surface area (Å²) in [5.74, 6) is -2.45. The molecule has 3 nitrogen and oxygen atoms in total. The minimum absolute atomic E-state index is 0.0859. The van der Waals surface area contributed by atoms with Gasteiger partial charge in [0.1, 0.15) is 0 Å². The zero-order chi connectivity index (χ0) is 17.5. The van der Waals surface area contributed by atoms with Crippen LogP contribution in [0.2, 0.25) is 0 Å². The molecule has 3 rings (SSSR count). The summed E-state index contributed by atoms with van der Waals surface area (Å²) in [6.07, 6.45) is 2.50. The fourth-order valence-corrected chi connectivity index (χ4v) is 3.66. The fourth-order valence-electron chi connectivity index (χ4n) is 3.66. The van der Waals surface area contributed by atoms with Gasteiger partial charge in [0.15, 0.2) is 0 Å². The highest BCUT2D eigenvalue weighted by Gasteiger charge is 2.34. The highest BCUT2D eigenvalue weighted by Crippen LogP contribution is 2.45. The Morgan fingerprint density at radius 1 is 1.21 bits per heavy atom. The number of carbonyl (C=O) groups excluding carboxylic acids is 1. The first-order chi connectivity index (χ1) is 11.3.